The summed E-state index contributed by atoms with van der Waals surface area (Å²) in [5.74, 6) is -0.463. The number of carbonyl (C=O) groups is 2. The zero-order valence-electron chi connectivity index (χ0n) is 12.1. The van der Waals surface area contributed by atoms with Gasteiger partial charge in [-0.15, -0.1) is 0 Å². The van der Waals surface area contributed by atoms with E-state index in [1.807, 2.05) is 24.3 Å². The lowest BCUT2D eigenvalue weighted by Gasteiger charge is -2.27. The van der Waals surface area contributed by atoms with E-state index in [2.05, 4.69) is 10.6 Å². The molecule has 21 heavy (non-hydrogen) atoms. The highest BCUT2D eigenvalue weighted by molar-refractivity contribution is 5.83. The summed E-state index contributed by atoms with van der Waals surface area (Å²) in [6.45, 7) is 4.03. The zero-order chi connectivity index (χ0) is 15.4. The van der Waals surface area contributed by atoms with Crippen molar-refractivity contribution in [2.75, 3.05) is 6.61 Å². The molecule has 0 bridgehead atoms. The van der Waals surface area contributed by atoms with Crippen molar-refractivity contribution in [1.82, 2.24) is 10.6 Å². The number of urea groups is 1. The molecule has 0 aliphatic carbocycles. The van der Waals surface area contributed by atoms with Gasteiger partial charge in [0.15, 0.2) is 0 Å². The Labute approximate surface area is 123 Å². The maximum absolute atomic E-state index is 12.0. The number of rotatable bonds is 4. The van der Waals surface area contributed by atoms with Gasteiger partial charge >= 0.3 is 12.0 Å². The number of fused-ring (bicyclic) bond motifs is 1. The first-order valence-corrected chi connectivity index (χ1v) is 7.00. The van der Waals surface area contributed by atoms with E-state index in [0.29, 0.717) is 13.0 Å². The van der Waals surface area contributed by atoms with Crippen molar-refractivity contribution < 1.29 is 19.4 Å². The molecular weight excluding hydrogens is 272 g/mol. The first-order chi connectivity index (χ1) is 9.99. The van der Waals surface area contributed by atoms with Crippen LogP contribution in [-0.2, 0) is 4.79 Å². The number of carboxylic acids is 1. The van der Waals surface area contributed by atoms with E-state index in [0.717, 1.165) is 11.3 Å². The molecule has 1 aliphatic heterocycles. The summed E-state index contributed by atoms with van der Waals surface area (Å²) in [4.78, 5) is 23.1. The van der Waals surface area contributed by atoms with Crippen molar-refractivity contribution in [3.05, 3.63) is 29.8 Å². The Hall–Kier alpha value is -2.24. The zero-order valence-corrected chi connectivity index (χ0v) is 12.1. The van der Waals surface area contributed by atoms with E-state index < -0.39 is 18.0 Å². The highest BCUT2D eigenvalue weighted by Gasteiger charge is 2.26. The van der Waals surface area contributed by atoms with Crippen molar-refractivity contribution in [1.29, 1.82) is 0 Å². The Balaban J connectivity index is 2.02. The third-order valence-electron chi connectivity index (χ3n) is 3.48. The van der Waals surface area contributed by atoms with Gasteiger partial charge < -0.3 is 20.5 Å². The van der Waals surface area contributed by atoms with Crippen molar-refractivity contribution in [3.8, 4) is 5.75 Å². The lowest BCUT2D eigenvalue weighted by molar-refractivity contribution is -0.140. The van der Waals surface area contributed by atoms with E-state index in [9.17, 15) is 9.59 Å². The third kappa shape index (κ3) is 3.65. The molecule has 0 saturated heterocycles. The van der Waals surface area contributed by atoms with Crippen LogP contribution in [0.5, 0.6) is 5.75 Å². The minimum atomic E-state index is -1.03. The molecule has 1 aromatic carbocycles. The molecule has 114 valence electrons. The Morgan fingerprint density at radius 3 is 2.71 bits per heavy atom. The predicted octanol–water partition coefficient (Wildman–Crippen LogP) is 1.92. The quantitative estimate of drug-likeness (QED) is 0.791. The van der Waals surface area contributed by atoms with Crippen LogP contribution >= 0.6 is 0 Å². The maximum atomic E-state index is 12.0. The van der Waals surface area contributed by atoms with Crippen molar-refractivity contribution >= 4 is 12.0 Å². The smallest absolute Gasteiger partial charge is 0.326 e. The van der Waals surface area contributed by atoms with Gasteiger partial charge in [0.05, 0.1) is 12.6 Å². The number of para-hydroxylation sites is 1. The Morgan fingerprint density at radius 2 is 2.05 bits per heavy atom. The summed E-state index contributed by atoms with van der Waals surface area (Å²) >= 11 is 0. The van der Waals surface area contributed by atoms with Crippen LogP contribution in [0.1, 0.15) is 31.9 Å². The molecule has 6 nitrogen and oxygen atoms in total. The molecule has 2 rings (SSSR count). The van der Waals surface area contributed by atoms with E-state index in [1.54, 1.807) is 13.8 Å². The van der Waals surface area contributed by atoms with Gasteiger partial charge in [-0.2, -0.15) is 0 Å². The minimum Gasteiger partial charge on any atom is -0.493 e. The molecule has 0 spiro atoms. The summed E-state index contributed by atoms with van der Waals surface area (Å²) in [6.07, 6.45) is 0.657. The molecule has 1 aromatic rings. The van der Waals surface area contributed by atoms with Crippen molar-refractivity contribution in [2.24, 2.45) is 5.92 Å². The summed E-state index contributed by atoms with van der Waals surface area (Å²) in [5.41, 5.74) is 0.912. The van der Waals surface area contributed by atoms with Gasteiger partial charge in [-0.1, -0.05) is 32.0 Å². The molecule has 6 heteroatoms. The van der Waals surface area contributed by atoms with Gasteiger partial charge in [0, 0.05) is 12.0 Å². The molecule has 3 N–H and O–H groups in total. The van der Waals surface area contributed by atoms with Crippen LogP contribution in [-0.4, -0.2) is 29.8 Å². The molecule has 0 fully saturated rings. The maximum Gasteiger partial charge on any atom is 0.326 e. The first kappa shape index (κ1) is 15.2. The van der Waals surface area contributed by atoms with Crippen LogP contribution in [0.4, 0.5) is 4.79 Å². The number of aliphatic carboxylic acids is 1. The summed E-state index contributed by atoms with van der Waals surface area (Å²) in [6, 6.07) is 5.97. The number of nitrogens with one attached hydrogen (secondary N) is 2. The van der Waals surface area contributed by atoms with Gasteiger partial charge in [0.25, 0.3) is 0 Å². The number of hydrogen-bond acceptors (Lipinski definition) is 3. The molecular formula is C15H20N2O4. The van der Waals surface area contributed by atoms with Crippen LogP contribution in [0.3, 0.4) is 0 Å². The number of amides is 2. The Kier molecular flexibility index (Phi) is 4.67. The van der Waals surface area contributed by atoms with E-state index in [4.69, 9.17) is 9.84 Å². The fourth-order valence-electron chi connectivity index (χ4n) is 2.35. The minimum absolute atomic E-state index is 0.170. The number of hydrogen-bond donors (Lipinski definition) is 3. The van der Waals surface area contributed by atoms with Crippen LogP contribution in [0, 0.1) is 5.92 Å². The second-order valence-corrected chi connectivity index (χ2v) is 5.41. The third-order valence-corrected chi connectivity index (χ3v) is 3.48. The number of ether oxygens (including phenoxy) is 1. The number of benzene rings is 1. The second kappa shape index (κ2) is 6.47. The SMILES string of the molecule is CC(C)C(NC(=O)NC1CCOc2ccccc21)C(=O)O. The monoisotopic (exact) mass is 292 g/mol. The fraction of sp³-hybridized carbons (Fsp3) is 0.467. The summed E-state index contributed by atoms with van der Waals surface area (Å²) in [7, 11) is 0. The number of carboxylic acid groups (broad SMARTS) is 1. The highest BCUT2D eigenvalue weighted by atomic mass is 16.5. The van der Waals surface area contributed by atoms with Crippen LogP contribution in [0.2, 0.25) is 0 Å². The Morgan fingerprint density at radius 1 is 1.33 bits per heavy atom. The molecule has 0 saturated carbocycles. The summed E-state index contributed by atoms with van der Waals surface area (Å²) < 4.78 is 5.53. The van der Waals surface area contributed by atoms with Crippen molar-refractivity contribution in [3.63, 3.8) is 0 Å². The van der Waals surface area contributed by atoms with Crippen LogP contribution < -0.4 is 15.4 Å². The van der Waals surface area contributed by atoms with Gasteiger partial charge in [-0.25, -0.2) is 9.59 Å². The Bertz CT molecular complexity index is 530. The van der Waals surface area contributed by atoms with E-state index in [-0.39, 0.29) is 12.0 Å². The normalized spacial score (nSPS) is 18.3. The largest absolute Gasteiger partial charge is 0.493 e. The second-order valence-electron chi connectivity index (χ2n) is 5.41. The lowest BCUT2D eigenvalue weighted by atomic mass is 10.0. The van der Waals surface area contributed by atoms with Gasteiger partial charge in [0.1, 0.15) is 11.8 Å². The molecule has 2 unspecified atom stereocenters. The van der Waals surface area contributed by atoms with E-state index in [1.165, 1.54) is 0 Å². The van der Waals surface area contributed by atoms with Crippen LogP contribution in [0.15, 0.2) is 24.3 Å². The lowest BCUT2D eigenvalue weighted by Crippen LogP contribution is -2.49. The molecule has 0 aromatic heterocycles. The van der Waals surface area contributed by atoms with E-state index >= 15 is 0 Å². The summed E-state index contributed by atoms with van der Waals surface area (Å²) in [5, 5.41) is 14.4. The topological polar surface area (TPSA) is 87.7 Å². The van der Waals surface area contributed by atoms with Crippen molar-refractivity contribution in [2.45, 2.75) is 32.4 Å². The molecule has 1 heterocycles. The highest BCUT2D eigenvalue weighted by Crippen LogP contribution is 2.31. The molecule has 2 atom stereocenters. The standard InChI is InChI=1S/C15H20N2O4/c1-9(2)13(14(18)19)17-15(20)16-11-7-8-21-12-6-4-3-5-10(11)12/h3-6,9,11,13H,7-8H2,1-2H3,(H,18,19)(H2,16,17,20). The molecule has 0 radical (unpaired) electrons. The fourth-order valence-corrected chi connectivity index (χ4v) is 2.35. The predicted molar refractivity (Wildman–Crippen MR) is 77.2 cm³/mol. The van der Waals surface area contributed by atoms with Gasteiger partial charge in [-0.3, -0.25) is 0 Å². The molecule has 2 amide bonds. The first-order valence-electron chi connectivity index (χ1n) is 7.00. The van der Waals surface area contributed by atoms with Gasteiger partial charge in [0.2, 0.25) is 0 Å². The average Bonchev–Trinajstić information content (AvgIpc) is 2.44. The molecule has 1 aliphatic rings. The number of carbonyl (C=O) groups excluding carboxylic acids is 1. The van der Waals surface area contributed by atoms with Gasteiger partial charge in [-0.05, 0) is 12.0 Å². The van der Waals surface area contributed by atoms with Crippen LogP contribution in [0.25, 0.3) is 0 Å². The average molecular weight is 292 g/mol.